The van der Waals surface area contributed by atoms with Crippen LogP contribution in [0.3, 0.4) is 0 Å². The molecule has 0 bridgehead atoms. The number of nitrogens with zero attached hydrogens (tertiary/aromatic N) is 1. The zero-order chi connectivity index (χ0) is 12.3. The Hall–Kier alpha value is -1.13. The largest absolute Gasteiger partial charge is 0.371 e. The van der Waals surface area contributed by atoms with Crippen molar-refractivity contribution in [3.05, 3.63) is 29.6 Å². The molecule has 0 atom stereocenters. The predicted octanol–water partition coefficient (Wildman–Crippen LogP) is 2.72. The molecule has 1 aromatic carbocycles. The lowest BCUT2D eigenvalue weighted by atomic mass is 10.1. The average Bonchev–Trinajstić information content (AvgIpc) is 2.86. The van der Waals surface area contributed by atoms with Crippen molar-refractivity contribution in [1.82, 2.24) is 0 Å². The van der Waals surface area contributed by atoms with Gasteiger partial charge in [-0.3, -0.25) is 0 Å². The van der Waals surface area contributed by atoms with E-state index in [0.717, 1.165) is 18.8 Å². The Labute approximate surface area is 101 Å². The zero-order valence-corrected chi connectivity index (χ0v) is 10.3. The molecule has 2 rings (SSSR count). The van der Waals surface area contributed by atoms with E-state index < -0.39 is 6.29 Å². The van der Waals surface area contributed by atoms with Gasteiger partial charge in [0.15, 0.2) is 6.29 Å². The molecule has 0 spiro atoms. The van der Waals surface area contributed by atoms with Crippen molar-refractivity contribution in [2.24, 2.45) is 0 Å². The fourth-order valence-corrected chi connectivity index (χ4v) is 2.23. The van der Waals surface area contributed by atoms with Crippen LogP contribution in [0, 0.1) is 5.82 Å². The second-order valence-corrected chi connectivity index (χ2v) is 4.20. The van der Waals surface area contributed by atoms with Crippen LogP contribution in [0.5, 0.6) is 0 Å². The van der Waals surface area contributed by atoms with E-state index in [1.807, 2.05) is 6.07 Å². The van der Waals surface area contributed by atoms with Gasteiger partial charge in [0.1, 0.15) is 5.82 Å². The molecule has 1 fully saturated rings. The van der Waals surface area contributed by atoms with Crippen LogP contribution in [0.15, 0.2) is 18.2 Å². The number of ether oxygens (including phenoxy) is 2. The van der Waals surface area contributed by atoms with E-state index >= 15 is 0 Å². The number of halogens is 1. The van der Waals surface area contributed by atoms with E-state index in [2.05, 4.69) is 4.90 Å². The van der Waals surface area contributed by atoms with Crippen LogP contribution in [0.2, 0.25) is 0 Å². The highest BCUT2D eigenvalue weighted by Gasteiger charge is 2.18. The molecule has 0 amide bonds. The monoisotopic (exact) mass is 239 g/mol. The summed E-state index contributed by atoms with van der Waals surface area (Å²) >= 11 is 0. The van der Waals surface area contributed by atoms with Crippen LogP contribution in [0.4, 0.5) is 10.1 Å². The van der Waals surface area contributed by atoms with E-state index in [9.17, 15) is 4.39 Å². The topological polar surface area (TPSA) is 21.7 Å². The first-order valence-corrected chi connectivity index (χ1v) is 5.86. The van der Waals surface area contributed by atoms with Crippen molar-refractivity contribution in [2.75, 3.05) is 32.2 Å². The summed E-state index contributed by atoms with van der Waals surface area (Å²) < 4.78 is 24.1. The van der Waals surface area contributed by atoms with Crippen molar-refractivity contribution in [3.8, 4) is 0 Å². The van der Waals surface area contributed by atoms with Crippen molar-refractivity contribution < 1.29 is 13.9 Å². The molecule has 3 nitrogen and oxygen atoms in total. The third-order valence-electron chi connectivity index (χ3n) is 3.14. The van der Waals surface area contributed by atoms with E-state index in [1.54, 1.807) is 12.1 Å². The molecular formula is C13H18FNO2. The van der Waals surface area contributed by atoms with Gasteiger partial charge in [0.2, 0.25) is 0 Å². The normalized spacial score (nSPS) is 15.9. The zero-order valence-electron chi connectivity index (χ0n) is 10.3. The second-order valence-electron chi connectivity index (χ2n) is 4.20. The van der Waals surface area contributed by atoms with Crippen LogP contribution >= 0.6 is 0 Å². The van der Waals surface area contributed by atoms with Gasteiger partial charge in [-0.2, -0.15) is 0 Å². The van der Waals surface area contributed by atoms with Gasteiger partial charge in [0.05, 0.1) is 0 Å². The minimum absolute atomic E-state index is 0.275. The number of methoxy groups -OCH3 is 2. The smallest absolute Gasteiger partial charge is 0.185 e. The summed E-state index contributed by atoms with van der Waals surface area (Å²) in [6, 6.07) is 5.22. The lowest BCUT2D eigenvalue weighted by Gasteiger charge is -2.20. The Kier molecular flexibility index (Phi) is 3.97. The van der Waals surface area contributed by atoms with Gasteiger partial charge in [-0.05, 0) is 31.0 Å². The maximum absolute atomic E-state index is 13.9. The molecule has 0 aromatic heterocycles. The lowest BCUT2D eigenvalue weighted by molar-refractivity contribution is -0.107. The fourth-order valence-electron chi connectivity index (χ4n) is 2.23. The maximum atomic E-state index is 13.9. The van der Waals surface area contributed by atoms with Crippen molar-refractivity contribution >= 4 is 5.69 Å². The minimum atomic E-state index is -0.636. The number of benzene rings is 1. The third kappa shape index (κ3) is 2.58. The molecule has 0 aliphatic carbocycles. The number of rotatable bonds is 4. The van der Waals surface area contributed by atoms with Crippen LogP contribution < -0.4 is 4.90 Å². The standard InChI is InChI=1S/C13H18FNO2/c1-16-13(17-2)11-6-5-10(9-12(11)14)15-7-3-4-8-15/h5-6,9,13H,3-4,7-8H2,1-2H3. The first-order chi connectivity index (χ1) is 8.26. The molecule has 17 heavy (non-hydrogen) atoms. The van der Waals surface area contributed by atoms with Gasteiger partial charge in [0.25, 0.3) is 0 Å². The summed E-state index contributed by atoms with van der Waals surface area (Å²) in [5, 5.41) is 0. The molecule has 1 saturated heterocycles. The van der Waals surface area contributed by atoms with E-state index in [-0.39, 0.29) is 5.82 Å². The quantitative estimate of drug-likeness (QED) is 0.754. The average molecular weight is 239 g/mol. The Morgan fingerprint density at radius 1 is 1.18 bits per heavy atom. The van der Waals surface area contributed by atoms with Crippen LogP contribution in [0.25, 0.3) is 0 Å². The molecule has 1 aliphatic rings. The van der Waals surface area contributed by atoms with Crippen molar-refractivity contribution in [1.29, 1.82) is 0 Å². The predicted molar refractivity (Wildman–Crippen MR) is 64.6 cm³/mol. The van der Waals surface area contributed by atoms with E-state index in [1.165, 1.54) is 27.1 Å². The van der Waals surface area contributed by atoms with E-state index in [0.29, 0.717) is 5.56 Å². The summed E-state index contributed by atoms with van der Waals surface area (Å²) in [5.41, 5.74) is 1.38. The van der Waals surface area contributed by atoms with Crippen molar-refractivity contribution in [3.63, 3.8) is 0 Å². The molecule has 0 radical (unpaired) electrons. The number of hydrogen-bond acceptors (Lipinski definition) is 3. The molecule has 0 unspecified atom stereocenters. The van der Waals surface area contributed by atoms with Gasteiger partial charge in [-0.1, -0.05) is 0 Å². The van der Waals surface area contributed by atoms with Crippen LogP contribution in [-0.4, -0.2) is 27.3 Å². The second kappa shape index (κ2) is 5.47. The molecular weight excluding hydrogens is 221 g/mol. The molecule has 94 valence electrons. The fraction of sp³-hybridized carbons (Fsp3) is 0.538. The summed E-state index contributed by atoms with van der Waals surface area (Å²) in [6.45, 7) is 2.02. The van der Waals surface area contributed by atoms with Gasteiger partial charge in [-0.25, -0.2) is 4.39 Å². The van der Waals surface area contributed by atoms with Crippen LogP contribution in [0.1, 0.15) is 24.7 Å². The summed E-state index contributed by atoms with van der Waals surface area (Å²) in [7, 11) is 3.00. The van der Waals surface area contributed by atoms with Gasteiger partial charge >= 0.3 is 0 Å². The Morgan fingerprint density at radius 3 is 2.35 bits per heavy atom. The van der Waals surface area contributed by atoms with Crippen LogP contribution in [-0.2, 0) is 9.47 Å². The first-order valence-electron chi connectivity index (χ1n) is 5.86. The molecule has 1 aromatic rings. The third-order valence-corrected chi connectivity index (χ3v) is 3.14. The highest BCUT2D eigenvalue weighted by molar-refractivity contribution is 5.49. The Balaban J connectivity index is 2.21. The molecule has 0 saturated carbocycles. The highest BCUT2D eigenvalue weighted by atomic mass is 19.1. The lowest BCUT2D eigenvalue weighted by Crippen LogP contribution is -2.18. The Morgan fingerprint density at radius 2 is 1.82 bits per heavy atom. The van der Waals surface area contributed by atoms with Gasteiger partial charge in [0, 0.05) is 38.6 Å². The Bertz CT molecular complexity index is 374. The van der Waals surface area contributed by atoms with Gasteiger partial charge in [-0.15, -0.1) is 0 Å². The summed E-state index contributed by atoms with van der Waals surface area (Å²) in [5.74, 6) is -0.275. The van der Waals surface area contributed by atoms with Crippen molar-refractivity contribution in [2.45, 2.75) is 19.1 Å². The highest BCUT2D eigenvalue weighted by Crippen LogP contribution is 2.27. The summed E-state index contributed by atoms with van der Waals surface area (Å²) in [6.07, 6.45) is 1.73. The molecule has 0 N–H and O–H groups in total. The van der Waals surface area contributed by atoms with Gasteiger partial charge < -0.3 is 14.4 Å². The molecule has 1 heterocycles. The first kappa shape index (κ1) is 12.3. The molecule has 1 aliphatic heterocycles. The summed E-state index contributed by atoms with van der Waals surface area (Å²) in [4.78, 5) is 2.20. The SMILES string of the molecule is COC(OC)c1ccc(N2CCCC2)cc1F. The minimum Gasteiger partial charge on any atom is -0.371 e. The number of anilines is 1. The maximum Gasteiger partial charge on any atom is 0.185 e. The number of hydrogen-bond donors (Lipinski definition) is 0. The van der Waals surface area contributed by atoms with E-state index in [4.69, 9.17) is 9.47 Å². The molecule has 4 heteroatoms.